The fourth-order valence-corrected chi connectivity index (χ4v) is 6.27. The van der Waals surface area contributed by atoms with Crippen molar-refractivity contribution in [1.82, 2.24) is 25.0 Å². The molecular formula is C32H36ClFN8O4. The zero-order valence-electron chi connectivity index (χ0n) is 25.9. The van der Waals surface area contributed by atoms with E-state index in [0.717, 1.165) is 39.0 Å². The molecule has 1 saturated carbocycles. The maximum Gasteiger partial charge on any atom is 0.321 e. The highest BCUT2D eigenvalue weighted by Crippen LogP contribution is 2.36. The topological polar surface area (TPSA) is 133 Å². The molecule has 3 fully saturated rings. The van der Waals surface area contributed by atoms with Gasteiger partial charge in [0, 0.05) is 80.3 Å². The lowest BCUT2D eigenvalue weighted by Crippen LogP contribution is -2.54. The van der Waals surface area contributed by atoms with Crippen molar-refractivity contribution in [2.75, 3.05) is 69.0 Å². The van der Waals surface area contributed by atoms with Gasteiger partial charge in [0.25, 0.3) is 0 Å². The van der Waals surface area contributed by atoms with Gasteiger partial charge >= 0.3 is 5.97 Å². The van der Waals surface area contributed by atoms with E-state index in [4.69, 9.17) is 16.3 Å². The Hall–Kier alpha value is -4.20. The summed E-state index contributed by atoms with van der Waals surface area (Å²) in [5, 5.41) is 15.1. The molecule has 46 heavy (non-hydrogen) atoms. The molecule has 0 bridgehead atoms. The summed E-state index contributed by atoms with van der Waals surface area (Å²) in [5.41, 5.74) is -0.0463. The number of hydrogen-bond acceptors (Lipinski definition) is 11. The van der Waals surface area contributed by atoms with E-state index in [1.165, 1.54) is 25.1 Å². The Balaban J connectivity index is 1.21. The summed E-state index contributed by atoms with van der Waals surface area (Å²) < 4.78 is 19.8. The SMILES string of the molecule is CN1CCN(C2CC(C(=O)Nc3cc(Nc4cc(-c5cc(Cl)ccc5F)nnc4N(C)CC4(C)C(=O)COC4=O)ccn3)C2)CC1. The van der Waals surface area contributed by atoms with Gasteiger partial charge in [-0.2, -0.15) is 0 Å². The molecule has 14 heteroatoms. The maximum absolute atomic E-state index is 14.8. The van der Waals surface area contributed by atoms with Gasteiger partial charge in [0.1, 0.15) is 17.1 Å². The average Bonchev–Trinajstić information content (AvgIpc) is 3.25. The van der Waals surface area contributed by atoms with Crippen molar-refractivity contribution in [3.63, 3.8) is 0 Å². The van der Waals surface area contributed by atoms with Gasteiger partial charge in [-0.3, -0.25) is 19.3 Å². The minimum absolute atomic E-state index is 0.0208. The number of hydrogen-bond donors (Lipinski definition) is 2. The van der Waals surface area contributed by atoms with Crippen LogP contribution in [-0.2, 0) is 19.1 Å². The van der Waals surface area contributed by atoms with Gasteiger partial charge in [-0.05, 0) is 57.1 Å². The number of Topliss-reactive ketones (excluding diaryl/α,β-unsaturated/α-hetero) is 1. The number of halogens is 2. The molecule has 2 aromatic heterocycles. The van der Waals surface area contributed by atoms with E-state index >= 15 is 0 Å². The summed E-state index contributed by atoms with van der Waals surface area (Å²) in [7, 11) is 3.80. The second-order valence-corrected chi connectivity index (χ2v) is 12.9. The van der Waals surface area contributed by atoms with E-state index in [2.05, 4.69) is 42.7 Å². The Morgan fingerprint density at radius 2 is 1.89 bits per heavy atom. The van der Waals surface area contributed by atoms with Gasteiger partial charge in [0.15, 0.2) is 18.2 Å². The Morgan fingerprint density at radius 1 is 1.13 bits per heavy atom. The lowest BCUT2D eigenvalue weighted by molar-refractivity contribution is -0.145. The smallest absolute Gasteiger partial charge is 0.321 e. The summed E-state index contributed by atoms with van der Waals surface area (Å²) in [6, 6.07) is 9.59. The third-order valence-electron chi connectivity index (χ3n) is 9.12. The highest BCUT2D eigenvalue weighted by molar-refractivity contribution is 6.30. The number of piperazine rings is 1. The van der Waals surface area contributed by atoms with E-state index in [1.54, 1.807) is 36.3 Å². The third kappa shape index (κ3) is 6.53. The van der Waals surface area contributed by atoms with E-state index in [-0.39, 0.29) is 42.0 Å². The van der Waals surface area contributed by atoms with Crippen LogP contribution in [0.5, 0.6) is 0 Å². The molecule has 1 atom stereocenters. The molecule has 0 spiro atoms. The molecule has 2 saturated heterocycles. The number of cyclic esters (lactones) is 1. The number of carbonyl (C=O) groups is 3. The number of benzene rings is 1. The number of amides is 1. The Morgan fingerprint density at radius 3 is 2.61 bits per heavy atom. The van der Waals surface area contributed by atoms with Crippen LogP contribution in [0.4, 0.5) is 27.4 Å². The van der Waals surface area contributed by atoms with Crippen LogP contribution in [0.1, 0.15) is 19.8 Å². The number of ketones is 1. The molecule has 4 heterocycles. The third-order valence-corrected chi connectivity index (χ3v) is 9.36. The number of carbonyl (C=O) groups excluding carboxylic acids is 3. The second-order valence-electron chi connectivity index (χ2n) is 12.5. The predicted molar refractivity (Wildman–Crippen MR) is 172 cm³/mol. The van der Waals surface area contributed by atoms with Crippen molar-refractivity contribution >= 4 is 52.3 Å². The average molecular weight is 651 g/mol. The standard InChI is InChI=1S/C32H36ClFN8O4/c1-32(27(43)17-46-31(32)45)18-41(3)29-26(16-25(38-39-29)23-14-20(33)4-5-24(23)34)36-21-6-7-35-28(15-21)37-30(44)19-12-22(13-19)42-10-8-40(2)9-11-42/h4-7,14-16,19,22H,8-13,17-18H2,1-3H3,(H2,35,36,37,38,44). The lowest BCUT2D eigenvalue weighted by Gasteiger charge is -2.45. The van der Waals surface area contributed by atoms with Crippen molar-refractivity contribution in [2.45, 2.75) is 25.8 Å². The summed E-state index contributed by atoms with van der Waals surface area (Å²) in [4.78, 5) is 48.8. The number of aromatic nitrogens is 3. The van der Waals surface area contributed by atoms with E-state index in [0.29, 0.717) is 34.1 Å². The molecule has 1 unspecified atom stereocenters. The van der Waals surface area contributed by atoms with Crippen LogP contribution >= 0.6 is 11.6 Å². The van der Waals surface area contributed by atoms with Crippen molar-refractivity contribution in [1.29, 1.82) is 0 Å². The highest BCUT2D eigenvalue weighted by Gasteiger charge is 2.49. The molecule has 2 aliphatic heterocycles. The number of nitrogens with zero attached hydrogens (tertiary/aromatic N) is 6. The number of ether oxygens (including phenoxy) is 1. The van der Waals surface area contributed by atoms with Crippen LogP contribution in [0.3, 0.4) is 0 Å². The molecule has 1 amide bonds. The molecule has 242 valence electrons. The fourth-order valence-electron chi connectivity index (χ4n) is 6.10. The highest BCUT2D eigenvalue weighted by atomic mass is 35.5. The van der Waals surface area contributed by atoms with Crippen LogP contribution < -0.4 is 15.5 Å². The zero-order chi connectivity index (χ0) is 32.6. The maximum atomic E-state index is 14.8. The first kappa shape index (κ1) is 31.8. The minimum Gasteiger partial charge on any atom is -0.457 e. The van der Waals surface area contributed by atoms with Gasteiger partial charge in [-0.25, -0.2) is 9.37 Å². The van der Waals surface area contributed by atoms with Crippen molar-refractivity contribution in [3.05, 3.63) is 53.4 Å². The number of anilines is 4. The second kappa shape index (κ2) is 12.9. The Kier molecular flexibility index (Phi) is 8.90. The van der Waals surface area contributed by atoms with Gasteiger partial charge in [0.2, 0.25) is 5.91 Å². The van der Waals surface area contributed by atoms with Crippen LogP contribution in [0.25, 0.3) is 11.3 Å². The van der Waals surface area contributed by atoms with Gasteiger partial charge < -0.3 is 25.2 Å². The van der Waals surface area contributed by atoms with Gasteiger partial charge in [-0.15, -0.1) is 10.2 Å². The molecule has 12 nitrogen and oxygen atoms in total. The van der Waals surface area contributed by atoms with Gasteiger partial charge in [-0.1, -0.05) is 11.6 Å². The van der Waals surface area contributed by atoms with Crippen molar-refractivity contribution in [3.8, 4) is 11.3 Å². The Labute approximate surface area is 271 Å². The number of rotatable bonds is 9. The van der Waals surface area contributed by atoms with Crippen LogP contribution in [0.2, 0.25) is 5.02 Å². The summed E-state index contributed by atoms with van der Waals surface area (Å²) in [6.07, 6.45) is 3.21. The van der Waals surface area contributed by atoms with E-state index < -0.39 is 17.2 Å². The first-order valence-electron chi connectivity index (χ1n) is 15.2. The van der Waals surface area contributed by atoms with E-state index in [1.807, 2.05) is 0 Å². The number of nitrogens with one attached hydrogen (secondary N) is 2. The largest absolute Gasteiger partial charge is 0.457 e. The normalized spacial score (nSPS) is 23.5. The molecule has 6 rings (SSSR count). The van der Waals surface area contributed by atoms with Crippen LogP contribution in [0, 0.1) is 17.2 Å². The van der Waals surface area contributed by atoms with Crippen molar-refractivity contribution < 1.29 is 23.5 Å². The fraction of sp³-hybridized carbons (Fsp3) is 0.438. The number of pyridine rings is 1. The van der Waals surface area contributed by atoms with E-state index in [9.17, 15) is 18.8 Å². The molecular weight excluding hydrogens is 615 g/mol. The molecule has 0 radical (unpaired) electrons. The Bertz CT molecular complexity index is 1640. The van der Waals surface area contributed by atoms with Crippen LogP contribution in [-0.4, -0.2) is 102 Å². The molecule has 1 aliphatic carbocycles. The lowest BCUT2D eigenvalue weighted by atomic mass is 9.78. The molecule has 1 aromatic carbocycles. The molecule has 3 aliphatic rings. The predicted octanol–water partition coefficient (Wildman–Crippen LogP) is 3.61. The zero-order valence-corrected chi connectivity index (χ0v) is 26.7. The molecule has 3 aromatic rings. The first-order valence-corrected chi connectivity index (χ1v) is 15.6. The quantitative estimate of drug-likeness (QED) is 0.260. The minimum atomic E-state index is -1.38. The summed E-state index contributed by atoms with van der Waals surface area (Å²) in [6.45, 7) is 5.37. The van der Waals surface area contributed by atoms with Crippen molar-refractivity contribution in [2.24, 2.45) is 11.3 Å². The monoisotopic (exact) mass is 650 g/mol. The summed E-state index contributed by atoms with van der Waals surface area (Å²) in [5.74, 6) is -0.942. The molecule has 2 N–H and O–H groups in total. The van der Waals surface area contributed by atoms with Crippen LogP contribution in [0.15, 0.2) is 42.6 Å². The first-order chi connectivity index (χ1) is 22.0. The summed E-state index contributed by atoms with van der Waals surface area (Å²) >= 11 is 6.14. The van der Waals surface area contributed by atoms with Gasteiger partial charge in [0.05, 0.1) is 11.4 Å². The number of esters is 1. The number of likely N-dealkylation sites (N-methyl/N-ethyl adjacent to an activating group) is 1.